The van der Waals surface area contributed by atoms with Crippen LogP contribution in [0.4, 0.5) is 0 Å². The monoisotopic (exact) mass is 342 g/mol. The average Bonchev–Trinajstić information content (AvgIpc) is 2.60. The third-order valence-electron chi connectivity index (χ3n) is 4.19. The van der Waals surface area contributed by atoms with Gasteiger partial charge in [0, 0.05) is 24.5 Å². The highest BCUT2D eigenvalue weighted by Gasteiger charge is 2.16. The van der Waals surface area contributed by atoms with E-state index in [4.69, 9.17) is 10.5 Å². The van der Waals surface area contributed by atoms with E-state index in [1.807, 2.05) is 18.2 Å². The summed E-state index contributed by atoms with van der Waals surface area (Å²) in [5.74, 6) is 0.228. The first-order valence-electron chi connectivity index (χ1n) is 8.02. The number of nitrogens with two attached hydrogens (primary N) is 1. The maximum Gasteiger partial charge on any atom is 0.255 e. The van der Waals surface area contributed by atoms with Crippen LogP contribution in [0.15, 0.2) is 47.4 Å². The lowest BCUT2D eigenvalue weighted by Gasteiger charge is -2.29. The summed E-state index contributed by atoms with van der Waals surface area (Å²) in [6, 6.07) is 14.6. The number of hydrogen-bond donors (Lipinski definition) is 1. The van der Waals surface area contributed by atoms with Gasteiger partial charge in [-0.1, -0.05) is 18.2 Å². The van der Waals surface area contributed by atoms with Crippen LogP contribution in [0.2, 0.25) is 0 Å². The standard InChI is InChI=1S/C19H22N2O2S/c1-24-18-6-5-16-12-21(8-7-15(16)10-18)11-14-3-2-4-17(9-14)23-13-19(20)22/h2-6,9-10H,7-8,11-13H2,1H3,(H2,20,22). The molecule has 0 saturated heterocycles. The fourth-order valence-corrected chi connectivity index (χ4v) is 3.46. The van der Waals surface area contributed by atoms with Gasteiger partial charge in [-0.15, -0.1) is 11.8 Å². The highest BCUT2D eigenvalue weighted by Crippen LogP contribution is 2.25. The summed E-state index contributed by atoms with van der Waals surface area (Å²) in [6.45, 7) is 2.81. The van der Waals surface area contributed by atoms with Gasteiger partial charge in [0.15, 0.2) is 6.61 Å². The molecule has 0 radical (unpaired) electrons. The third-order valence-corrected chi connectivity index (χ3v) is 4.92. The lowest BCUT2D eigenvalue weighted by Crippen LogP contribution is -2.30. The van der Waals surface area contributed by atoms with Gasteiger partial charge in [-0.25, -0.2) is 0 Å². The van der Waals surface area contributed by atoms with Gasteiger partial charge < -0.3 is 10.5 Å². The fourth-order valence-electron chi connectivity index (χ4n) is 3.00. The Morgan fingerprint density at radius 1 is 1.25 bits per heavy atom. The van der Waals surface area contributed by atoms with Crippen molar-refractivity contribution in [1.29, 1.82) is 0 Å². The molecule has 2 N–H and O–H groups in total. The van der Waals surface area contributed by atoms with Crippen LogP contribution in [0.1, 0.15) is 16.7 Å². The van der Waals surface area contributed by atoms with Crippen molar-refractivity contribution in [1.82, 2.24) is 4.90 Å². The van der Waals surface area contributed by atoms with Gasteiger partial charge in [-0.2, -0.15) is 0 Å². The molecule has 0 aromatic heterocycles. The minimum absolute atomic E-state index is 0.0850. The van der Waals surface area contributed by atoms with Crippen molar-refractivity contribution in [2.45, 2.75) is 24.4 Å². The number of carbonyl (C=O) groups is 1. The molecule has 1 amide bonds. The molecular formula is C19H22N2O2S. The van der Waals surface area contributed by atoms with Gasteiger partial charge in [0.1, 0.15) is 5.75 Å². The number of rotatable bonds is 6. The Hall–Kier alpha value is -1.98. The highest BCUT2D eigenvalue weighted by atomic mass is 32.2. The summed E-state index contributed by atoms with van der Waals surface area (Å²) >= 11 is 1.79. The SMILES string of the molecule is CSc1ccc2c(c1)CCN(Cc1cccc(OCC(N)=O)c1)C2. The molecule has 0 bridgehead atoms. The average molecular weight is 342 g/mol. The largest absolute Gasteiger partial charge is 0.484 e. The molecule has 1 heterocycles. The van der Waals surface area contributed by atoms with E-state index >= 15 is 0 Å². The maximum absolute atomic E-state index is 10.8. The molecule has 0 saturated carbocycles. The topological polar surface area (TPSA) is 55.6 Å². The van der Waals surface area contributed by atoms with Gasteiger partial charge in [0.05, 0.1) is 0 Å². The number of primary amides is 1. The molecule has 126 valence electrons. The third kappa shape index (κ3) is 4.30. The van der Waals surface area contributed by atoms with Gasteiger partial charge >= 0.3 is 0 Å². The predicted octanol–water partition coefficient (Wildman–Crippen LogP) is 2.83. The highest BCUT2D eigenvalue weighted by molar-refractivity contribution is 7.98. The van der Waals surface area contributed by atoms with Gasteiger partial charge in [0.25, 0.3) is 5.91 Å². The molecular weight excluding hydrogens is 320 g/mol. The van der Waals surface area contributed by atoms with Crippen molar-refractivity contribution >= 4 is 17.7 Å². The minimum Gasteiger partial charge on any atom is -0.484 e. The molecule has 2 aromatic rings. The lowest BCUT2D eigenvalue weighted by atomic mass is 9.99. The van der Waals surface area contributed by atoms with Crippen molar-refractivity contribution in [3.8, 4) is 5.75 Å². The predicted molar refractivity (Wildman–Crippen MR) is 97.2 cm³/mol. The number of carbonyl (C=O) groups excluding carboxylic acids is 1. The zero-order valence-corrected chi connectivity index (χ0v) is 14.6. The first-order valence-corrected chi connectivity index (χ1v) is 9.25. The summed E-state index contributed by atoms with van der Waals surface area (Å²) in [6.07, 6.45) is 3.20. The molecule has 1 aliphatic rings. The molecule has 0 unspecified atom stereocenters. The number of ether oxygens (including phenoxy) is 1. The summed E-state index contributed by atoms with van der Waals surface area (Å²) in [5.41, 5.74) is 9.19. The summed E-state index contributed by atoms with van der Waals surface area (Å²) in [7, 11) is 0. The van der Waals surface area contributed by atoms with E-state index in [0.717, 1.165) is 26.1 Å². The summed E-state index contributed by atoms with van der Waals surface area (Å²) in [4.78, 5) is 14.6. The van der Waals surface area contributed by atoms with E-state index in [2.05, 4.69) is 35.4 Å². The number of amides is 1. The van der Waals surface area contributed by atoms with Gasteiger partial charge in [-0.05, 0) is 53.6 Å². The Morgan fingerprint density at radius 2 is 2.12 bits per heavy atom. The lowest BCUT2D eigenvalue weighted by molar-refractivity contribution is -0.119. The Kier molecular flexibility index (Phi) is 5.43. The second-order valence-electron chi connectivity index (χ2n) is 6.00. The molecule has 24 heavy (non-hydrogen) atoms. The second-order valence-corrected chi connectivity index (χ2v) is 6.88. The number of benzene rings is 2. The Bertz CT molecular complexity index is 733. The minimum atomic E-state index is -0.461. The second kappa shape index (κ2) is 7.73. The van der Waals surface area contributed by atoms with Crippen molar-refractivity contribution in [3.63, 3.8) is 0 Å². The van der Waals surface area contributed by atoms with Crippen LogP contribution in [0, 0.1) is 0 Å². The normalized spacial score (nSPS) is 14.2. The Morgan fingerprint density at radius 3 is 2.92 bits per heavy atom. The van der Waals surface area contributed by atoms with Crippen LogP contribution < -0.4 is 10.5 Å². The summed E-state index contributed by atoms with van der Waals surface area (Å²) < 4.78 is 5.38. The van der Waals surface area contributed by atoms with Crippen LogP contribution in [0.3, 0.4) is 0 Å². The number of hydrogen-bond acceptors (Lipinski definition) is 4. The van der Waals surface area contributed by atoms with Crippen LogP contribution >= 0.6 is 11.8 Å². The molecule has 0 spiro atoms. The Balaban J connectivity index is 1.64. The smallest absolute Gasteiger partial charge is 0.255 e. The van der Waals surface area contributed by atoms with Crippen LogP contribution in [0.25, 0.3) is 0 Å². The maximum atomic E-state index is 10.8. The molecule has 0 atom stereocenters. The van der Waals surface area contributed by atoms with Crippen molar-refractivity contribution < 1.29 is 9.53 Å². The zero-order valence-electron chi connectivity index (χ0n) is 13.8. The first-order chi connectivity index (χ1) is 11.6. The molecule has 3 rings (SSSR count). The summed E-state index contributed by atoms with van der Waals surface area (Å²) in [5, 5.41) is 0. The molecule has 4 nitrogen and oxygen atoms in total. The van der Waals surface area contributed by atoms with Gasteiger partial charge in [0.2, 0.25) is 0 Å². The van der Waals surface area contributed by atoms with E-state index in [0.29, 0.717) is 5.75 Å². The number of thioether (sulfide) groups is 1. The van der Waals surface area contributed by atoms with Crippen molar-refractivity contribution in [2.75, 3.05) is 19.4 Å². The Labute approximate surface area is 147 Å². The van der Waals surface area contributed by atoms with Crippen LogP contribution in [-0.4, -0.2) is 30.2 Å². The van der Waals surface area contributed by atoms with Gasteiger partial charge in [-0.3, -0.25) is 9.69 Å². The molecule has 5 heteroatoms. The van der Waals surface area contributed by atoms with Crippen LogP contribution in [0.5, 0.6) is 5.75 Å². The molecule has 2 aromatic carbocycles. The fraction of sp³-hybridized carbons (Fsp3) is 0.316. The van der Waals surface area contributed by atoms with E-state index in [9.17, 15) is 4.79 Å². The quantitative estimate of drug-likeness (QED) is 0.820. The van der Waals surface area contributed by atoms with E-state index in [-0.39, 0.29) is 6.61 Å². The first kappa shape index (κ1) is 16.9. The number of nitrogens with zero attached hydrogens (tertiary/aromatic N) is 1. The van der Waals surface area contributed by atoms with E-state index in [1.165, 1.54) is 21.6 Å². The molecule has 0 fully saturated rings. The number of fused-ring (bicyclic) bond motifs is 1. The zero-order chi connectivity index (χ0) is 16.9. The van der Waals surface area contributed by atoms with E-state index in [1.54, 1.807) is 11.8 Å². The molecule has 0 aliphatic carbocycles. The molecule has 1 aliphatic heterocycles. The van der Waals surface area contributed by atoms with Crippen LogP contribution in [-0.2, 0) is 24.3 Å². The van der Waals surface area contributed by atoms with Crippen molar-refractivity contribution in [2.24, 2.45) is 5.73 Å². The van der Waals surface area contributed by atoms with Crippen molar-refractivity contribution in [3.05, 3.63) is 59.2 Å². The van der Waals surface area contributed by atoms with E-state index < -0.39 is 5.91 Å².